The Labute approximate surface area is 195 Å². The van der Waals surface area contributed by atoms with E-state index in [9.17, 15) is 22.8 Å². The first kappa shape index (κ1) is 23.6. The van der Waals surface area contributed by atoms with Crippen LogP contribution in [0.2, 0.25) is 0 Å². The van der Waals surface area contributed by atoms with Gasteiger partial charge in [-0.25, -0.2) is 0 Å². The highest BCUT2D eigenvalue weighted by atomic mass is 19.4. The number of fused-ring (bicyclic) bond motifs is 1. The first-order valence-corrected chi connectivity index (χ1v) is 11.1. The maximum Gasteiger partial charge on any atom is 0.422 e. The molecule has 8 heteroatoms. The summed E-state index contributed by atoms with van der Waals surface area (Å²) in [5.41, 5.74) is 1.55. The minimum Gasteiger partial charge on any atom is -0.482 e. The minimum absolute atomic E-state index is 0.0192. The molecule has 0 saturated carbocycles. The van der Waals surface area contributed by atoms with Crippen molar-refractivity contribution in [3.8, 4) is 5.75 Å². The fraction of sp³-hybridized carbons (Fsp3) is 0.308. The Bertz CT molecular complexity index is 1200. The molecule has 0 aromatic heterocycles. The van der Waals surface area contributed by atoms with Crippen LogP contribution in [0.3, 0.4) is 0 Å². The molecule has 1 fully saturated rings. The lowest BCUT2D eigenvalue weighted by atomic mass is 9.94. The van der Waals surface area contributed by atoms with E-state index in [2.05, 4.69) is 5.32 Å². The summed E-state index contributed by atoms with van der Waals surface area (Å²) in [5, 5.41) is 4.59. The zero-order chi connectivity index (χ0) is 24.3. The van der Waals surface area contributed by atoms with Gasteiger partial charge < -0.3 is 15.0 Å². The molecule has 0 aliphatic carbocycles. The Balaban J connectivity index is 1.39. The Morgan fingerprint density at radius 2 is 1.74 bits per heavy atom. The first-order valence-electron chi connectivity index (χ1n) is 11.1. The van der Waals surface area contributed by atoms with E-state index in [-0.39, 0.29) is 29.2 Å². The summed E-state index contributed by atoms with van der Waals surface area (Å²) >= 11 is 0. The van der Waals surface area contributed by atoms with Gasteiger partial charge in [-0.3, -0.25) is 9.59 Å². The van der Waals surface area contributed by atoms with Gasteiger partial charge in [-0.2, -0.15) is 13.2 Å². The van der Waals surface area contributed by atoms with E-state index in [0.717, 1.165) is 16.3 Å². The quantitative estimate of drug-likeness (QED) is 0.530. The molecule has 1 saturated heterocycles. The van der Waals surface area contributed by atoms with Gasteiger partial charge in [-0.05, 0) is 54.3 Å². The topological polar surface area (TPSA) is 58.6 Å². The lowest BCUT2D eigenvalue weighted by Crippen LogP contribution is -2.41. The molecular weight excluding hydrogens is 445 g/mol. The number of halogens is 3. The highest BCUT2D eigenvalue weighted by Gasteiger charge is 2.30. The Kier molecular flexibility index (Phi) is 6.77. The molecule has 3 aromatic rings. The van der Waals surface area contributed by atoms with Gasteiger partial charge in [-0.1, -0.05) is 42.5 Å². The average molecular weight is 470 g/mol. The number of piperidine rings is 1. The molecule has 34 heavy (non-hydrogen) atoms. The monoisotopic (exact) mass is 470 g/mol. The second-order valence-corrected chi connectivity index (χ2v) is 8.49. The van der Waals surface area contributed by atoms with Crippen molar-refractivity contribution >= 4 is 28.3 Å². The van der Waals surface area contributed by atoms with Gasteiger partial charge in [0.15, 0.2) is 6.61 Å². The predicted molar refractivity (Wildman–Crippen MR) is 124 cm³/mol. The molecule has 1 heterocycles. The third-order valence-electron chi connectivity index (χ3n) is 5.96. The van der Waals surface area contributed by atoms with Crippen LogP contribution in [0.5, 0.6) is 5.75 Å². The summed E-state index contributed by atoms with van der Waals surface area (Å²) in [6.07, 6.45) is -3.55. The van der Waals surface area contributed by atoms with Crippen LogP contribution < -0.4 is 10.1 Å². The normalized spacial score (nSPS) is 14.8. The molecule has 1 N–H and O–H groups in total. The summed E-state index contributed by atoms with van der Waals surface area (Å²) < 4.78 is 42.7. The molecule has 3 aromatic carbocycles. The standard InChI is InChI=1S/C26H25F3N2O3/c1-17-9-10-22(23(15-17)34-16-26(27,28)29)30-24(32)19-11-13-31(14-12-19)25(33)21-8-4-6-18-5-2-3-7-20(18)21/h2-10,15,19H,11-14,16H2,1H3,(H,30,32). The molecule has 0 unspecified atom stereocenters. The van der Waals surface area contributed by atoms with Crippen molar-refractivity contribution in [1.82, 2.24) is 4.90 Å². The summed E-state index contributed by atoms with van der Waals surface area (Å²) in [6.45, 7) is 1.14. The third-order valence-corrected chi connectivity index (χ3v) is 5.96. The van der Waals surface area contributed by atoms with E-state index in [1.807, 2.05) is 42.5 Å². The maximum absolute atomic E-state index is 13.1. The average Bonchev–Trinajstić information content (AvgIpc) is 2.83. The van der Waals surface area contributed by atoms with Crippen molar-refractivity contribution in [1.29, 1.82) is 0 Å². The van der Waals surface area contributed by atoms with Crippen molar-refractivity contribution in [2.45, 2.75) is 25.9 Å². The number of likely N-dealkylation sites (tertiary alicyclic amines) is 1. The molecule has 0 bridgehead atoms. The van der Waals surface area contributed by atoms with E-state index in [4.69, 9.17) is 4.74 Å². The minimum atomic E-state index is -4.48. The molecule has 0 atom stereocenters. The van der Waals surface area contributed by atoms with Crippen molar-refractivity contribution in [3.05, 3.63) is 71.8 Å². The predicted octanol–water partition coefficient (Wildman–Crippen LogP) is 5.58. The molecule has 1 aliphatic rings. The van der Waals surface area contributed by atoms with Crippen molar-refractivity contribution in [3.63, 3.8) is 0 Å². The zero-order valence-electron chi connectivity index (χ0n) is 18.7. The molecule has 0 radical (unpaired) electrons. The summed E-state index contributed by atoms with van der Waals surface area (Å²) in [6, 6.07) is 18.0. The van der Waals surface area contributed by atoms with Crippen LogP contribution in [0.4, 0.5) is 18.9 Å². The Hall–Kier alpha value is -3.55. The second-order valence-electron chi connectivity index (χ2n) is 8.49. The van der Waals surface area contributed by atoms with E-state index in [0.29, 0.717) is 31.5 Å². The van der Waals surface area contributed by atoms with Crippen molar-refractivity contribution in [2.75, 3.05) is 25.0 Å². The number of anilines is 1. The summed E-state index contributed by atoms with van der Waals surface area (Å²) in [4.78, 5) is 27.7. The van der Waals surface area contributed by atoms with E-state index in [1.54, 1.807) is 17.9 Å². The molecule has 1 aliphatic heterocycles. The zero-order valence-corrected chi connectivity index (χ0v) is 18.7. The van der Waals surface area contributed by atoms with Gasteiger partial charge in [0.25, 0.3) is 5.91 Å². The number of carbonyl (C=O) groups excluding carboxylic acids is 2. The molecule has 0 spiro atoms. The van der Waals surface area contributed by atoms with Gasteiger partial charge >= 0.3 is 6.18 Å². The fourth-order valence-corrected chi connectivity index (χ4v) is 4.17. The van der Waals surface area contributed by atoms with Gasteiger partial charge in [0.2, 0.25) is 5.91 Å². The molecule has 5 nitrogen and oxygen atoms in total. The number of nitrogens with zero attached hydrogens (tertiary/aromatic N) is 1. The highest BCUT2D eigenvalue weighted by molar-refractivity contribution is 6.07. The number of hydrogen-bond donors (Lipinski definition) is 1. The number of nitrogens with one attached hydrogen (secondary N) is 1. The number of benzene rings is 3. The largest absolute Gasteiger partial charge is 0.482 e. The molecule has 4 rings (SSSR count). The molecule has 2 amide bonds. The number of hydrogen-bond acceptors (Lipinski definition) is 3. The van der Waals surface area contributed by atoms with Crippen LogP contribution in [0, 0.1) is 12.8 Å². The van der Waals surface area contributed by atoms with Crippen LogP contribution in [0.15, 0.2) is 60.7 Å². The van der Waals surface area contributed by atoms with Gasteiger partial charge in [0.1, 0.15) is 5.75 Å². The van der Waals surface area contributed by atoms with Crippen LogP contribution in [0.25, 0.3) is 10.8 Å². The fourth-order valence-electron chi connectivity index (χ4n) is 4.17. The van der Waals surface area contributed by atoms with E-state index < -0.39 is 12.8 Å². The van der Waals surface area contributed by atoms with Gasteiger partial charge in [0, 0.05) is 24.6 Å². The number of aryl methyl sites for hydroxylation is 1. The highest BCUT2D eigenvalue weighted by Crippen LogP contribution is 2.30. The lowest BCUT2D eigenvalue weighted by molar-refractivity contribution is -0.153. The van der Waals surface area contributed by atoms with Crippen LogP contribution in [0.1, 0.15) is 28.8 Å². The smallest absolute Gasteiger partial charge is 0.422 e. The number of rotatable bonds is 5. The van der Waals surface area contributed by atoms with E-state index in [1.165, 1.54) is 12.1 Å². The van der Waals surface area contributed by atoms with Crippen LogP contribution >= 0.6 is 0 Å². The third kappa shape index (κ3) is 5.50. The summed E-state index contributed by atoms with van der Waals surface area (Å²) in [5.74, 6) is -0.738. The van der Waals surface area contributed by atoms with Gasteiger partial charge in [0.05, 0.1) is 5.69 Å². The SMILES string of the molecule is Cc1ccc(NC(=O)C2CCN(C(=O)c3cccc4ccccc34)CC2)c(OCC(F)(F)F)c1. The maximum atomic E-state index is 13.1. The number of carbonyl (C=O) groups is 2. The second kappa shape index (κ2) is 9.75. The number of ether oxygens (including phenoxy) is 1. The van der Waals surface area contributed by atoms with E-state index >= 15 is 0 Å². The first-order chi connectivity index (χ1) is 16.2. The molecular formula is C26H25F3N2O3. The Morgan fingerprint density at radius 3 is 2.47 bits per heavy atom. The number of amides is 2. The van der Waals surface area contributed by atoms with Crippen LogP contribution in [-0.4, -0.2) is 42.6 Å². The Morgan fingerprint density at radius 1 is 1.03 bits per heavy atom. The molecule has 178 valence electrons. The lowest BCUT2D eigenvalue weighted by Gasteiger charge is -2.31. The summed E-state index contributed by atoms with van der Waals surface area (Å²) in [7, 11) is 0. The van der Waals surface area contributed by atoms with Crippen molar-refractivity contribution < 1.29 is 27.5 Å². The van der Waals surface area contributed by atoms with Crippen LogP contribution in [-0.2, 0) is 4.79 Å². The number of alkyl halides is 3. The van der Waals surface area contributed by atoms with Crippen molar-refractivity contribution in [2.24, 2.45) is 5.92 Å². The van der Waals surface area contributed by atoms with Gasteiger partial charge in [-0.15, -0.1) is 0 Å².